The number of halogens is 2. The van der Waals surface area contributed by atoms with Gasteiger partial charge in [-0.3, -0.25) is 4.79 Å². The fourth-order valence-electron chi connectivity index (χ4n) is 4.43. The largest absolute Gasteiger partial charge is 0.393 e. The average molecular weight is 524 g/mol. The fourth-order valence-corrected chi connectivity index (χ4v) is 4.43. The highest BCUT2D eigenvalue weighted by atomic mass is 19.3. The molecule has 13 heteroatoms. The monoisotopic (exact) mass is 523 g/mol. The number of aliphatic hydroxyl groups excluding tert-OH is 1. The van der Waals surface area contributed by atoms with Crippen molar-refractivity contribution in [2.75, 3.05) is 25.0 Å². The normalized spacial score (nSPS) is 24.9. The van der Waals surface area contributed by atoms with E-state index in [0.717, 1.165) is 25.7 Å². The van der Waals surface area contributed by atoms with E-state index in [-0.39, 0.29) is 54.1 Å². The first-order chi connectivity index (χ1) is 17.8. The van der Waals surface area contributed by atoms with Crippen LogP contribution < -0.4 is 16.0 Å². The number of urea groups is 1. The first-order valence-electron chi connectivity index (χ1n) is 12.9. The van der Waals surface area contributed by atoms with E-state index in [1.807, 2.05) is 0 Å². The molecule has 1 aliphatic heterocycles. The lowest BCUT2D eigenvalue weighted by Gasteiger charge is -2.22. The van der Waals surface area contributed by atoms with Crippen LogP contribution in [-0.2, 0) is 4.74 Å². The zero-order valence-electron chi connectivity index (χ0n) is 20.9. The van der Waals surface area contributed by atoms with Crippen molar-refractivity contribution in [1.29, 1.82) is 0 Å². The van der Waals surface area contributed by atoms with Gasteiger partial charge in [0.25, 0.3) is 5.91 Å². The van der Waals surface area contributed by atoms with Crippen LogP contribution in [0.25, 0.3) is 0 Å². The number of rotatable bonds is 10. The van der Waals surface area contributed by atoms with E-state index < -0.39 is 18.6 Å². The predicted molar refractivity (Wildman–Crippen MR) is 132 cm³/mol. The summed E-state index contributed by atoms with van der Waals surface area (Å²) in [6.07, 6.45) is 8.40. The molecule has 37 heavy (non-hydrogen) atoms. The van der Waals surface area contributed by atoms with Crippen LogP contribution in [0.2, 0.25) is 0 Å². The topological polar surface area (TPSA) is 141 Å². The second-order valence-electron chi connectivity index (χ2n) is 10.0. The Morgan fingerprint density at radius 3 is 2.65 bits per heavy atom. The van der Waals surface area contributed by atoms with Crippen LogP contribution in [0.5, 0.6) is 0 Å². The van der Waals surface area contributed by atoms with Crippen LogP contribution in [0.3, 0.4) is 0 Å². The highest BCUT2D eigenvalue weighted by Crippen LogP contribution is 2.25. The van der Waals surface area contributed by atoms with Crippen LogP contribution in [0.4, 0.5) is 25.3 Å². The van der Waals surface area contributed by atoms with E-state index in [1.54, 1.807) is 18.0 Å². The van der Waals surface area contributed by atoms with Crippen LogP contribution in [0, 0.1) is 5.92 Å². The maximum Gasteiger partial charge on any atom is 0.345 e. The molecule has 1 saturated heterocycles. The number of aliphatic imine (C=N–C) groups is 1. The summed E-state index contributed by atoms with van der Waals surface area (Å²) in [6, 6.07) is -0.552. The summed E-state index contributed by atoms with van der Waals surface area (Å²) in [6.45, 7) is -0.515. The van der Waals surface area contributed by atoms with E-state index in [1.165, 1.54) is 6.20 Å². The SMILES string of the molecule is C[C@@H](COC(F)F)Nc1ncc(C(=O)N[C@H]2CCN(C(=O)NC3CC3)C2)c(/N=C\C2CCC(O)CC2)n1. The molecule has 3 amide bonds. The van der Waals surface area contributed by atoms with Crippen LogP contribution in [0.15, 0.2) is 11.2 Å². The van der Waals surface area contributed by atoms with Crippen molar-refractivity contribution in [2.45, 2.75) is 82.7 Å². The molecule has 3 aliphatic rings. The number of carbonyl (C=O) groups is 2. The van der Waals surface area contributed by atoms with Crippen molar-refractivity contribution in [3.05, 3.63) is 11.8 Å². The minimum atomic E-state index is -2.88. The Morgan fingerprint density at radius 2 is 1.95 bits per heavy atom. The first kappa shape index (κ1) is 27.1. The third kappa shape index (κ3) is 8.29. The molecule has 0 radical (unpaired) electrons. The maximum absolute atomic E-state index is 13.1. The molecule has 0 spiro atoms. The number of nitrogens with zero attached hydrogens (tertiary/aromatic N) is 4. The Labute approximate surface area is 214 Å². The van der Waals surface area contributed by atoms with Crippen molar-refractivity contribution >= 4 is 29.9 Å². The smallest absolute Gasteiger partial charge is 0.345 e. The van der Waals surface area contributed by atoms with Crippen LogP contribution in [0.1, 0.15) is 62.2 Å². The van der Waals surface area contributed by atoms with Crippen molar-refractivity contribution in [3.63, 3.8) is 0 Å². The van der Waals surface area contributed by atoms with Gasteiger partial charge in [0.15, 0.2) is 5.82 Å². The molecule has 204 valence electrons. The van der Waals surface area contributed by atoms with Crippen molar-refractivity contribution in [3.8, 4) is 0 Å². The van der Waals surface area contributed by atoms with Crippen molar-refractivity contribution in [2.24, 2.45) is 10.9 Å². The number of alkyl halides is 2. The molecular weight excluding hydrogens is 488 g/mol. The van der Waals surface area contributed by atoms with Gasteiger partial charge in [-0.25, -0.2) is 14.8 Å². The first-order valence-corrected chi connectivity index (χ1v) is 12.9. The molecule has 0 aromatic carbocycles. The Hall–Kier alpha value is -2.93. The standard InChI is InChI=1S/C24H35F2N7O4/c1-14(13-37-22(25)26)29-23-28-11-19(20(32-23)27-10-15-2-6-18(34)7-3-15)21(35)30-17-8-9-33(12-17)24(36)31-16-4-5-16/h10-11,14-18,22,34H,2-9,12-13H2,1H3,(H,30,35)(H,31,36)(H,28,29,32)/b27-10-/t14-,15?,17-,18?/m0/s1. The minimum Gasteiger partial charge on any atom is -0.393 e. The molecular formula is C24H35F2N7O4. The molecule has 1 aromatic rings. The van der Waals surface area contributed by atoms with Gasteiger partial charge in [-0.1, -0.05) is 0 Å². The summed E-state index contributed by atoms with van der Waals surface area (Å²) < 4.78 is 29.0. The van der Waals surface area contributed by atoms with Gasteiger partial charge < -0.3 is 30.7 Å². The highest BCUT2D eigenvalue weighted by Gasteiger charge is 2.31. The molecule has 0 unspecified atom stereocenters. The van der Waals surface area contributed by atoms with Crippen molar-refractivity contribution < 1.29 is 28.2 Å². The summed E-state index contributed by atoms with van der Waals surface area (Å²) >= 11 is 0. The highest BCUT2D eigenvalue weighted by molar-refractivity contribution is 5.98. The third-order valence-corrected chi connectivity index (χ3v) is 6.73. The van der Waals surface area contributed by atoms with Gasteiger partial charge in [-0.15, -0.1) is 0 Å². The summed E-state index contributed by atoms with van der Waals surface area (Å²) in [7, 11) is 0. The Kier molecular flexibility index (Phi) is 9.19. The maximum atomic E-state index is 13.1. The summed E-state index contributed by atoms with van der Waals surface area (Å²) in [5.41, 5.74) is 0.176. The number of hydrogen-bond acceptors (Lipinski definition) is 8. The lowest BCUT2D eigenvalue weighted by atomic mass is 9.88. The Balaban J connectivity index is 1.42. The Morgan fingerprint density at radius 1 is 1.19 bits per heavy atom. The van der Waals surface area contributed by atoms with Crippen LogP contribution >= 0.6 is 0 Å². The molecule has 4 N–H and O–H groups in total. The summed E-state index contributed by atoms with van der Waals surface area (Å²) in [5.74, 6) is 0.0417. The molecule has 2 aliphatic carbocycles. The zero-order valence-corrected chi connectivity index (χ0v) is 20.9. The number of hydrogen-bond donors (Lipinski definition) is 4. The second-order valence-corrected chi connectivity index (χ2v) is 10.0. The van der Waals surface area contributed by atoms with Gasteiger partial charge in [0.1, 0.15) is 5.56 Å². The second kappa shape index (κ2) is 12.5. The molecule has 2 atom stereocenters. The number of ether oxygens (including phenoxy) is 1. The van der Waals surface area contributed by atoms with E-state index in [2.05, 4.69) is 35.6 Å². The molecule has 2 saturated carbocycles. The molecule has 3 fully saturated rings. The quantitative estimate of drug-likeness (QED) is 0.345. The lowest BCUT2D eigenvalue weighted by Crippen LogP contribution is -2.42. The number of likely N-dealkylation sites (tertiary alicyclic amines) is 1. The molecule has 2 heterocycles. The number of nitrogens with one attached hydrogen (secondary N) is 3. The number of amides is 3. The van der Waals surface area contributed by atoms with Gasteiger partial charge in [-0.2, -0.15) is 13.8 Å². The fraction of sp³-hybridized carbons (Fsp3) is 0.708. The predicted octanol–water partition coefficient (Wildman–Crippen LogP) is 2.45. The minimum absolute atomic E-state index is 0.106. The van der Waals surface area contributed by atoms with Crippen molar-refractivity contribution in [1.82, 2.24) is 25.5 Å². The number of aromatic nitrogens is 2. The number of anilines is 1. The third-order valence-electron chi connectivity index (χ3n) is 6.73. The van der Waals surface area contributed by atoms with Gasteiger partial charge in [0.2, 0.25) is 5.95 Å². The van der Waals surface area contributed by atoms with E-state index in [9.17, 15) is 23.5 Å². The number of aliphatic hydroxyl groups is 1. The van der Waals surface area contributed by atoms with Crippen LogP contribution in [-0.4, -0.2) is 88.7 Å². The molecule has 4 rings (SSSR count). The molecule has 11 nitrogen and oxygen atoms in total. The average Bonchev–Trinajstić information content (AvgIpc) is 3.56. The van der Waals surface area contributed by atoms with Gasteiger partial charge in [0, 0.05) is 43.6 Å². The lowest BCUT2D eigenvalue weighted by molar-refractivity contribution is -0.130. The summed E-state index contributed by atoms with van der Waals surface area (Å²) in [5, 5.41) is 18.6. The van der Waals surface area contributed by atoms with E-state index in [0.29, 0.717) is 32.4 Å². The van der Waals surface area contributed by atoms with Gasteiger partial charge in [-0.05, 0) is 57.8 Å². The summed E-state index contributed by atoms with van der Waals surface area (Å²) in [4.78, 5) is 40.2. The zero-order chi connectivity index (χ0) is 26.4. The Bertz CT molecular complexity index is 970. The van der Waals surface area contributed by atoms with Gasteiger partial charge in [0.05, 0.1) is 12.7 Å². The molecule has 0 bridgehead atoms. The number of carbonyl (C=O) groups excluding carboxylic acids is 2. The van der Waals surface area contributed by atoms with E-state index in [4.69, 9.17) is 0 Å². The van der Waals surface area contributed by atoms with Gasteiger partial charge >= 0.3 is 12.6 Å². The van der Waals surface area contributed by atoms with E-state index >= 15 is 0 Å². The molecule has 1 aromatic heterocycles.